The standard InChI is InChI=1S/C18H17NO3/c1-22-14-8-6-13(7-9-14)12-19-16-5-3-2-4-15(16)17(20)10-11-18(19)21/h2-9H,10-12H2,1H3. The van der Waals surface area contributed by atoms with Crippen LogP contribution in [0.3, 0.4) is 0 Å². The first kappa shape index (κ1) is 14.3. The van der Waals surface area contributed by atoms with Gasteiger partial charge in [0.25, 0.3) is 0 Å². The Hall–Kier alpha value is -2.62. The Morgan fingerprint density at radius 3 is 2.45 bits per heavy atom. The van der Waals surface area contributed by atoms with Crippen LogP contribution in [0.1, 0.15) is 28.8 Å². The third-order valence-corrected chi connectivity index (χ3v) is 3.86. The van der Waals surface area contributed by atoms with Crippen LogP contribution in [0.2, 0.25) is 0 Å². The third kappa shape index (κ3) is 2.72. The van der Waals surface area contributed by atoms with Gasteiger partial charge in [0, 0.05) is 18.4 Å². The summed E-state index contributed by atoms with van der Waals surface area (Å²) in [5.41, 5.74) is 2.32. The molecule has 0 radical (unpaired) electrons. The summed E-state index contributed by atoms with van der Waals surface area (Å²) in [7, 11) is 1.62. The lowest BCUT2D eigenvalue weighted by atomic mass is 10.1. The van der Waals surface area contributed by atoms with E-state index in [0.717, 1.165) is 11.3 Å². The van der Waals surface area contributed by atoms with Gasteiger partial charge in [-0.2, -0.15) is 0 Å². The lowest BCUT2D eigenvalue weighted by Crippen LogP contribution is -2.29. The Balaban J connectivity index is 1.94. The molecule has 0 bridgehead atoms. The number of hydrogen-bond acceptors (Lipinski definition) is 3. The first-order valence-electron chi connectivity index (χ1n) is 7.24. The van der Waals surface area contributed by atoms with Crippen molar-refractivity contribution in [2.45, 2.75) is 19.4 Å². The maximum absolute atomic E-state index is 12.4. The van der Waals surface area contributed by atoms with Crippen LogP contribution in [-0.4, -0.2) is 18.8 Å². The van der Waals surface area contributed by atoms with Gasteiger partial charge in [0.05, 0.1) is 19.3 Å². The number of para-hydroxylation sites is 1. The molecule has 2 aromatic carbocycles. The molecule has 1 heterocycles. The summed E-state index contributed by atoms with van der Waals surface area (Å²) in [5, 5.41) is 0. The highest BCUT2D eigenvalue weighted by Crippen LogP contribution is 2.28. The quantitative estimate of drug-likeness (QED) is 0.873. The first-order valence-corrected chi connectivity index (χ1v) is 7.24. The van der Waals surface area contributed by atoms with E-state index in [1.807, 2.05) is 42.5 Å². The minimum absolute atomic E-state index is 0.0193. The molecule has 4 nitrogen and oxygen atoms in total. The molecule has 112 valence electrons. The van der Waals surface area contributed by atoms with Crippen molar-refractivity contribution in [3.63, 3.8) is 0 Å². The fourth-order valence-corrected chi connectivity index (χ4v) is 2.66. The maximum Gasteiger partial charge on any atom is 0.227 e. The summed E-state index contributed by atoms with van der Waals surface area (Å²) in [6.45, 7) is 0.452. The number of carbonyl (C=O) groups is 2. The summed E-state index contributed by atoms with van der Waals surface area (Å²) in [6, 6.07) is 14.9. The highest BCUT2D eigenvalue weighted by atomic mass is 16.5. The fourth-order valence-electron chi connectivity index (χ4n) is 2.66. The van der Waals surface area contributed by atoms with Gasteiger partial charge in [-0.1, -0.05) is 24.3 Å². The van der Waals surface area contributed by atoms with Gasteiger partial charge in [0.2, 0.25) is 5.91 Å². The summed E-state index contributed by atoms with van der Waals surface area (Å²) in [6.07, 6.45) is 0.526. The van der Waals surface area contributed by atoms with Crippen LogP contribution in [0.4, 0.5) is 5.69 Å². The van der Waals surface area contributed by atoms with E-state index >= 15 is 0 Å². The zero-order valence-corrected chi connectivity index (χ0v) is 12.4. The molecule has 0 fully saturated rings. The number of ether oxygens (including phenoxy) is 1. The van der Waals surface area contributed by atoms with Crippen molar-refractivity contribution in [3.05, 3.63) is 59.7 Å². The normalized spacial score (nSPS) is 14.5. The van der Waals surface area contributed by atoms with Crippen molar-refractivity contribution in [3.8, 4) is 5.75 Å². The number of amides is 1. The van der Waals surface area contributed by atoms with Crippen LogP contribution in [0, 0.1) is 0 Å². The van der Waals surface area contributed by atoms with E-state index in [2.05, 4.69) is 0 Å². The zero-order chi connectivity index (χ0) is 15.5. The van der Waals surface area contributed by atoms with E-state index in [9.17, 15) is 9.59 Å². The predicted molar refractivity (Wildman–Crippen MR) is 84.2 cm³/mol. The Bertz CT molecular complexity index is 707. The number of benzene rings is 2. The molecule has 1 aliphatic rings. The predicted octanol–water partition coefficient (Wildman–Crippen LogP) is 3.20. The summed E-state index contributed by atoms with van der Waals surface area (Å²) in [5.74, 6) is 0.789. The SMILES string of the molecule is COc1ccc(CN2C(=O)CCC(=O)c3ccccc32)cc1. The molecule has 1 aliphatic heterocycles. The fraction of sp³-hybridized carbons (Fsp3) is 0.222. The number of anilines is 1. The second kappa shape index (κ2) is 6.02. The number of hydrogen-bond donors (Lipinski definition) is 0. The third-order valence-electron chi connectivity index (χ3n) is 3.86. The largest absolute Gasteiger partial charge is 0.497 e. The molecular formula is C18H17NO3. The van der Waals surface area contributed by atoms with Crippen molar-refractivity contribution in [2.75, 3.05) is 12.0 Å². The number of methoxy groups -OCH3 is 1. The molecule has 0 aromatic heterocycles. The minimum Gasteiger partial charge on any atom is -0.497 e. The van der Waals surface area contributed by atoms with Crippen molar-refractivity contribution in [1.82, 2.24) is 0 Å². The highest BCUT2D eigenvalue weighted by molar-refractivity contribution is 6.09. The van der Waals surface area contributed by atoms with Gasteiger partial charge < -0.3 is 9.64 Å². The molecule has 0 saturated heterocycles. The molecule has 0 N–H and O–H groups in total. The van der Waals surface area contributed by atoms with Crippen molar-refractivity contribution < 1.29 is 14.3 Å². The smallest absolute Gasteiger partial charge is 0.227 e. The van der Waals surface area contributed by atoms with E-state index in [-0.39, 0.29) is 24.5 Å². The lowest BCUT2D eigenvalue weighted by Gasteiger charge is -2.22. The van der Waals surface area contributed by atoms with E-state index in [4.69, 9.17) is 4.74 Å². The topological polar surface area (TPSA) is 46.6 Å². The van der Waals surface area contributed by atoms with Crippen molar-refractivity contribution in [2.24, 2.45) is 0 Å². The van der Waals surface area contributed by atoms with E-state index in [1.54, 1.807) is 18.1 Å². The lowest BCUT2D eigenvalue weighted by molar-refractivity contribution is -0.118. The van der Waals surface area contributed by atoms with E-state index in [1.165, 1.54) is 0 Å². The molecule has 4 heteroatoms. The minimum atomic E-state index is -0.0193. The average molecular weight is 295 g/mol. The number of nitrogens with zero attached hydrogens (tertiary/aromatic N) is 1. The van der Waals surface area contributed by atoms with Gasteiger partial charge in [-0.15, -0.1) is 0 Å². The Kier molecular flexibility index (Phi) is 3.92. The molecule has 0 aliphatic carbocycles. The van der Waals surface area contributed by atoms with E-state index in [0.29, 0.717) is 17.8 Å². The zero-order valence-electron chi connectivity index (χ0n) is 12.4. The van der Waals surface area contributed by atoms with Crippen molar-refractivity contribution in [1.29, 1.82) is 0 Å². The monoisotopic (exact) mass is 295 g/mol. The highest BCUT2D eigenvalue weighted by Gasteiger charge is 2.26. The van der Waals surface area contributed by atoms with Gasteiger partial charge >= 0.3 is 0 Å². The summed E-state index contributed by atoms with van der Waals surface area (Å²) in [4.78, 5) is 26.2. The summed E-state index contributed by atoms with van der Waals surface area (Å²) < 4.78 is 5.15. The molecule has 3 rings (SSSR count). The molecule has 0 unspecified atom stereocenters. The molecule has 0 spiro atoms. The molecule has 1 amide bonds. The van der Waals surface area contributed by atoms with Gasteiger partial charge in [0.15, 0.2) is 5.78 Å². The second-order valence-electron chi connectivity index (χ2n) is 5.27. The van der Waals surface area contributed by atoms with Gasteiger partial charge in [-0.05, 0) is 29.8 Å². The van der Waals surface area contributed by atoms with Gasteiger partial charge in [0.1, 0.15) is 5.75 Å². The number of fused-ring (bicyclic) bond motifs is 1. The Labute approximate surface area is 129 Å². The van der Waals surface area contributed by atoms with Crippen LogP contribution in [0.5, 0.6) is 5.75 Å². The molecule has 22 heavy (non-hydrogen) atoms. The molecule has 0 atom stereocenters. The second-order valence-corrected chi connectivity index (χ2v) is 5.27. The van der Waals surface area contributed by atoms with Gasteiger partial charge in [-0.3, -0.25) is 9.59 Å². The maximum atomic E-state index is 12.4. The Morgan fingerprint density at radius 2 is 1.73 bits per heavy atom. The average Bonchev–Trinajstić information content (AvgIpc) is 2.68. The Morgan fingerprint density at radius 1 is 1.00 bits per heavy atom. The number of ketones is 1. The number of carbonyl (C=O) groups excluding carboxylic acids is 2. The van der Waals surface area contributed by atoms with Gasteiger partial charge in [-0.25, -0.2) is 0 Å². The summed E-state index contributed by atoms with van der Waals surface area (Å²) >= 11 is 0. The van der Waals surface area contributed by atoms with Crippen LogP contribution >= 0.6 is 0 Å². The van der Waals surface area contributed by atoms with E-state index < -0.39 is 0 Å². The molecule has 0 saturated carbocycles. The first-order chi connectivity index (χ1) is 10.7. The van der Waals surface area contributed by atoms with Crippen molar-refractivity contribution >= 4 is 17.4 Å². The van der Waals surface area contributed by atoms with Crippen LogP contribution < -0.4 is 9.64 Å². The number of rotatable bonds is 3. The van der Waals surface area contributed by atoms with Crippen LogP contribution in [-0.2, 0) is 11.3 Å². The molecular weight excluding hydrogens is 278 g/mol. The van der Waals surface area contributed by atoms with Crippen LogP contribution in [0.15, 0.2) is 48.5 Å². The number of Topliss-reactive ketones (excluding diaryl/α,β-unsaturated/α-hetero) is 1. The van der Waals surface area contributed by atoms with Crippen LogP contribution in [0.25, 0.3) is 0 Å². The molecule has 2 aromatic rings.